The zero-order valence-corrected chi connectivity index (χ0v) is 11.3. The van der Waals surface area contributed by atoms with E-state index >= 15 is 0 Å². The number of carbonyl (C=O) groups is 1. The second-order valence-electron chi connectivity index (χ2n) is 4.95. The van der Waals surface area contributed by atoms with Gasteiger partial charge in [0.1, 0.15) is 5.78 Å². The Labute approximate surface area is 102 Å². The first-order chi connectivity index (χ1) is 7.68. The second kappa shape index (κ2) is 11.2. The van der Waals surface area contributed by atoms with Crippen LogP contribution in [0.25, 0.3) is 0 Å². The van der Waals surface area contributed by atoms with E-state index in [2.05, 4.69) is 13.8 Å². The third-order valence-corrected chi connectivity index (χ3v) is 3.08. The highest BCUT2D eigenvalue weighted by atomic mass is 16.1. The first kappa shape index (κ1) is 15.7. The van der Waals surface area contributed by atoms with Crippen LogP contribution < -0.4 is 0 Å². The molecule has 0 aliphatic heterocycles. The highest BCUT2D eigenvalue weighted by molar-refractivity contribution is 5.81. The maximum atomic E-state index is 11.3. The van der Waals surface area contributed by atoms with Gasteiger partial charge in [-0.2, -0.15) is 0 Å². The van der Waals surface area contributed by atoms with E-state index in [1.807, 2.05) is 6.92 Å². The second-order valence-corrected chi connectivity index (χ2v) is 4.95. The highest BCUT2D eigenvalue weighted by Gasteiger charge is 2.05. The van der Waals surface area contributed by atoms with Crippen LogP contribution in [0, 0.1) is 12.8 Å². The van der Waals surface area contributed by atoms with Crippen molar-refractivity contribution in [2.45, 2.75) is 78.1 Å². The lowest BCUT2D eigenvalue weighted by Gasteiger charge is -2.04. The Morgan fingerprint density at radius 2 is 1.38 bits per heavy atom. The number of rotatable bonds is 11. The van der Waals surface area contributed by atoms with Crippen molar-refractivity contribution in [2.75, 3.05) is 0 Å². The monoisotopic (exact) mass is 225 g/mol. The fourth-order valence-electron chi connectivity index (χ4n) is 1.86. The Hall–Kier alpha value is -0.330. The molecule has 0 heterocycles. The standard InChI is InChI=1S/C15H29O/c1-4-5-6-7-8-9-10-11-12-13-15(16)14(2)3/h14H,2,4-13H2,1,3H3. The van der Waals surface area contributed by atoms with Crippen LogP contribution in [0.1, 0.15) is 78.1 Å². The van der Waals surface area contributed by atoms with Crippen LogP contribution in [0.15, 0.2) is 0 Å². The summed E-state index contributed by atoms with van der Waals surface area (Å²) < 4.78 is 0. The predicted octanol–water partition coefficient (Wildman–Crippen LogP) is 4.95. The van der Waals surface area contributed by atoms with Crippen LogP contribution in [0.3, 0.4) is 0 Å². The van der Waals surface area contributed by atoms with Gasteiger partial charge in [0.15, 0.2) is 0 Å². The largest absolute Gasteiger partial charge is 0.299 e. The Bertz CT molecular complexity index is 161. The molecule has 1 nitrogen and oxygen atoms in total. The Balaban J connectivity index is 3.07. The van der Waals surface area contributed by atoms with Crippen LogP contribution >= 0.6 is 0 Å². The average molecular weight is 225 g/mol. The Morgan fingerprint density at radius 3 is 1.81 bits per heavy atom. The maximum absolute atomic E-state index is 11.3. The number of hydrogen-bond acceptors (Lipinski definition) is 1. The summed E-state index contributed by atoms with van der Waals surface area (Å²) >= 11 is 0. The van der Waals surface area contributed by atoms with Gasteiger partial charge in [-0.25, -0.2) is 0 Å². The van der Waals surface area contributed by atoms with Gasteiger partial charge >= 0.3 is 0 Å². The van der Waals surface area contributed by atoms with Crippen molar-refractivity contribution in [2.24, 2.45) is 5.92 Å². The van der Waals surface area contributed by atoms with Crippen LogP contribution in [0.5, 0.6) is 0 Å². The van der Waals surface area contributed by atoms with E-state index in [1.54, 1.807) is 0 Å². The van der Waals surface area contributed by atoms with Gasteiger partial charge in [0.2, 0.25) is 0 Å². The molecule has 0 bridgehead atoms. The lowest BCUT2D eigenvalue weighted by Crippen LogP contribution is -2.06. The van der Waals surface area contributed by atoms with Gasteiger partial charge in [-0.05, 0) is 13.3 Å². The van der Waals surface area contributed by atoms with Gasteiger partial charge in [0, 0.05) is 12.3 Å². The fourth-order valence-corrected chi connectivity index (χ4v) is 1.86. The van der Waals surface area contributed by atoms with E-state index in [0.29, 0.717) is 5.78 Å². The molecular formula is C15H29O. The molecule has 0 amide bonds. The molecule has 0 rings (SSSR count). The number of ketones is 1. The van der Waals surface area contributed by atoms with E-state index in [1.165, 1.54) is 51.4 Å². The van der Waals surface area contributed by atoms with Crippen molar-refractivity contribution in [1.29, 1.82) is 0 Å². The molecule has 1 unspecified atom stereocenters. The van der Waals surface area contributed by atoms with Crippen LogP contribution in [-0.2, 0) is 4.79 Å². The molecule has 0 spiro atoms. The van der Waals surface area contributed by atoms with E-state index in [-0.39, 0.29) is 5.92 Å². The first-order valence-electron chi connectivity index (χ1n) is 7.04. The molecule has 0 aromatic carbocycles. The highest BCUT2D eigenvalue weighted by Crippen LogP contribution is 2.11. The molecule has 0 aliphatic carbocycles. The van der Waals surface area contributed by atoms with Gasteiger partial charge in [-0.3, -0.25) is 4.79 Å². The van der Waals surface area contributed by atoms with E-state index in [0.717, 1.165) is 12.8 Å². The minimum Gasteiger partial charge on any atom is -0.299 e. The molecule has 1 radical (unpaired) electrons. The van der Waals surface area contributed by atoms with Crippen LogP contribution in [0.4, 0.5) is 0 Å². The molecule has 0 fully saturated rings. The van der Waals surface area contributed by atoms with Gasteiger partial charge in [0.05, 0.1) is 0 Å². The number of hydrogen-bond donors (Lipinski definition) is 0. The van der Waals surface area contributed by atoms with Gasteiger partial charge in [0.25, 0.3) is 0 Å². The molecule has 1 heteroatoms. The molecule has 0 aliphatic rings. The summed E-state index contributed by atoms with van der Waals surface area (Å²) in [4.78, 5) is 11.3. The summed E-state index contributed by atoms with van der Waals surface area (Å²) in [6.07, 6.45) is 12.5. The third-order valence-electron chi connectivity index (χ3n) is 3.08. The van der Waals surface area contributed by atoms with Crippen molar-refractivity contribution in [3.8, 4) is 0 Å². The molecular weight excluding hydrogens is 196 g/mol. The molecule has 0 aromatic heterocycles. The van der Waals surface area contributed by atoms with Crippen molar-refractivity contribution in [3.05, 3.63) is 6.92 Å². The van der Waals surface area contributed by atoms with Crippen LogP contribution in [0.2, 0.25) is 0 Å². The smallest absolute Gasteiger partial charge is 0.135 e. The lowest BCUT2D eigenvalue weighted by molar-refractivity contribution is -0.121. The number of carbonyl (C=O) groups excluding carboxylic acids is 1. The fraction of sp³-hybridized carbons (Fsp3) is 0.867. The molecule has 0 saturated heterocycles. The summed E-state index contributed by atoms with van der Waals surface area (Å²) in [7, 11) is 0. The Kier molecular flexibility index (Phi) is 10.9. The molecule has 95 valence electrons. The van der Waals surface area contributed by atoms with Crippen molar-refractivity contribution >= 4 is 5.78 Å². The first-order valence-corrected chi connectivity index (χ1v) is 7.04. The normalized spacial score (nSPS) is 11.0. The quantitative estimate of drug-likeness (QED) is 0.455. The molecule has 1 atom stereocenters. The SMILES string of the molecule is [CH2]C(C)C(=O)CCCCCCCCCCC. The summed E-state index contributed by atoms with van der Waals surface area (Å²) in [6.45, 7) is 7.88. The van der Waals surface area contributed by atoms with Gasteiger partial charge < -0.3 is 0 Å². The predicted molar refractivity (Wildman–Crippen MR) is 71.4 cm³/mol. The molecule has 0 N–H and O–H groups in total. The Morgan fingerprint density at radius 1 is 0.938 bits per heavy atom. The number of Topliss-reactive ketones (excluding diaryl/α,β-unsaturated/α-hetero) is 1. The minimum atomic E-state index is -0.0194. The van der Waals surface area contributed by atoms with E-state index in [9.17, 15) is 4.79 Å². The summed E-state index contributed by atoms with van der Waals surface area (Å²) in [5, 5.41) is 0. The lowest BCUT2D eigenvalue weighted by atomic mass is 10.0. The van der Waals surface area contributed by atoms with E-state index in [4.69, 9.17) is 0 Å². The van der Waals surface area contributed by atoms with E-state index < -0.39 is 0 Å². The van der Waals surface area contributed by atoms with Crippen molar-refractivity contribution in [1.82, 2.24) is 0 Å². The summed E-state index contributed by atoms with van der Waals surface area (Å²) in [5.41, 5.74) is 0. The summed E-state index contributed by atoms with van der Waals surface area (Å²) in [6, 6.07) is 0. The van der Waals surface area contributed by atoms with Crippen LogP contribution in [-0.4, -0.2) is 5.78 Å². The maximum Gasteiger partial charge on any atom is 0.135 e. The number of unbranched alkanes of at least 4 members (excludes halogenated alkanes) is 8. The summed E-state index contributed by atoms with van der Waals surface area (Å²) in [5.74, 6) is 0.303. The third kappa shape index (κ3) is 10.2. The average Bonchev–Trinajstić information content (AvgIpc) is 2.26. The van der Waals surface area contributed by atoms with Crippen molar-refractivity contribution in [3.63, 3.8) is 0 Å². The van der Waals surface area contributed by atoms with Crippen molar-refractivity contribution < 1.29 is 4.79 Å². The zero-order valence-electron chi connectivity index (χ0n) is 11.3. The zero-order chi connectivity index (χ0) is 12.2. The molecule has 0 saturated carbocycles. The minimum absolute atomic E-state index is 0.0194. The van der Waals surface area contributed by atoms with Gasteiger partial charge in [-0.15, -0.1) is 0 Å². The molecule has 16 heavy (non-hydrogen) atoms. The van der Waals surface area contributed by atoms with Gasteiger partial charge in [-0.1, -0.05) is 65.2 Å². The topological polar surface area (TPSA) is 17.1 Å². The molecule has 0 aromatic rings.